The molecule has 0 bridgehead atoms. The number of piperidine rings is 2. The van der Waals surface area contributed by atoms with Crippen LogP contribution in [0.15, 0.2) is 42.5 Å². The monoisotopic (exact) mass is 605 g/mol. The molecule has 4 rings (SSSR count). The van der Waals surface area contributed by atoms with Gasteiger partial charge >= 0.3 is 5.97 Å². The van der Waals surface area contributed by atoms with Crippen molar-refractivity contribution in [3.63, 3.8) is 0 Å². The van der Waals surface area contributed by atoms with Crippen LogP contribution in [0, 0.1) is 17.7 Å². The van der Waals surface area contributed by atoms with E-state index in [2.05, 4.69) is 4.90 Å². The van der Waals surface area contributed by atoms with Gasteiger partial charge in [-0.25, -0.2) is 4.39 Å². The molecule has 0 radical (unpaired) electrons. The lowest BCUT2D eigenvalue weighted by atomic mass is 9.90. The number of benzene rings is 2. The van der Waals surface area contributed by atoms with Gasteiger partial charge in [0.15, 0.2) is 0 Å². The van der Waals surface area contributed by atoms with E-state index in [9.17, 15) is 18.8 Å². The van der Waals surface area contributed by atoms with Gasteiger partial charge in [-0.05, 0) is 100.0 Å². The van der Waals surface area contributed by atoms with E-state index in [1.54, 1.807) is 21.9 Å². The highest BCUT2D eigenvalue weighted by Crippen LogP contribution is 2.30. The van der Waals surface area contributed by atoms with Crippen molar-refractivity contribution in [1.82, 2.24) is 9.80 Å². The minimum atomic E-state index is -0.991. The van der Waals surface area contributed by atoms with Crippen LogP contribution in [0.3, 0.4) is 0 Å². The summed E-state index contributed by atoms with van der Waals surface area (Å²) in [5.74, 6) is -0.997. The number of halogens is 3. The van der Waals surface area contributed by atoms with Crippen LogP contribution in [0.25, 0.3) is 0 Å². The molecule has 0 aromatic heterocycles. The minimum Gasteiger partial charge on any atom is -0.481 e. The number of hydrogen-bond acceptors (Lipinski definition) is 4. The lowest BCUT2D eigenvalue weighted by Crippen LogP contribution is -2.45. The standard InChI is InChI=1S/C31H38Cl2FN3O4/c32-27-7-6-26(21-28(27)33)37(31(41)24-12-18-36(19-13-24)29(38)8-9-30(39)40)15-1-14-35-16-10-23(11-17-35)20-22-2-4-25(34)5-3-22/h2-7,21,23-24H,1,8-20H2,(H,39,40). The number of likely N-dealkylation sites (tertiary alicyclic amines) is 2. The Labute approximate surface area is 251 Å². The van der Waals surface area contributed by atoms with Crippen molar-refractivity contribution >= 4 is 46.7 Å². The number of aliphatic carboxylic acids is 1. The molecule has 2 aromatic carbocycles. The first-order valence-electron chi connectivity index (χ1n) is 14.4. The van der Waals surface area contributed by atoms with E-state index in [4.69, 9.17) is 28.3 Å². The summed E-state index contributed by atoms with van der Waals surface area (Å²) in [5, 5.41) is 9.68. The summed E-state index contributed by atoms with van der Waals surface area (Å²) in [7, 11) is 0. The Morgan fingerprint density at radius 1 is 0.902 bits per heavy atom. The molecule has 0 unspecified atom stereocenters. The van der Waals surface area contributed by atoms with E-state index in [-0.39, 0.29) is 36.4 Å². The smallest absolute Gasteiger partial charge is 0.303 e. The summed E-state index contributed by atoms with van der Waals surface area (Å²) in [6.07, 6.45) is 4.83. The van der Waals surface area contributed by atoms with Crippen LogP contribution in [-0.2, 0) is 20.8 Å². The van der Waals surface area contributed by atoms with Crippen LogP contribution in [0.1, 0.15) is 50.5 Å². The zero-order valence-electron chi connectivity index (χ0n) is 23.2. The number of amides is 2. The lowest BCUT2D eigenvalue weighted by Gasteiger charge is -2.35. The topological polar surface area (TPSA) is 81.2 Å². The van der Waals surface area contributed by atoms with Crippen molar-refractivity contribution in [3.8, 4) is 0 Å². The van der Waals surface area contributed by atoms with Crippen molar-refractivity contribution in [2.45, 2.75) is 51.4 Å². The van der Waals surface area contributed by atoms with Crippen molar-refractivity contribution in [2.24, 2.45) is 11.8 Å². The zero-order chi connectivity index (χ0) is 29.4. The summed E-state index contributed by atoms with van der Waals surface area (Å²) < 4.78 is 13.2. The van der Waals surface area contributed by atoms with Gasteiger partial charge in [-0.15, -0.1) is 0 Å². The first-order chi connectivity index (χ1) is 19.7. The van der Waals surface area contributed by atoms with Crippen LogP contribution in [0.2, 0.25) is 10.0 Å². The van der Waals surface area contributed by atoms with Gasteiger partial charge in [0, 0.05) is 37.7 Å². The van der Waals surface area contributed by atoms with Gasteiger partial charge in [0.05, 0.1) is 16.5 Å². The van der Waals surface area contributed by atoms with Crippen molar-refractivity contribution in [3.05, 3.63) is 63.9 Å². The molecule has 10 heteroatoms. The third-order valence-electron chi connectivity index (χ3n) is 8.23. The first kappa shape index (κ1) is 31.3. The minimum absolute atomic E-state index is 0.0130. The maximum atomic E-state index is 13.7. The number of carbonyl (C=O) groups excluding carboxylic acids is 2. The van der Waals surface area contributed by atoms with Gasteiger partial charge in [0.25, 0.3) is 0 Å². The van der Waals surface area contributed by atoms with Crippen LogP contribution >= 0.6 is 23.2 Å². The number of rotatable bonds is 11. The Kier molecular flexibility index (Phi) is 11.4. The summed E-state index contributed by atoms with van der Waals surface area (Å²) in [5.41, 5.74) is 1.89. The van der Waals surface area contributed by atoms with Crippen molar-refractivity contribution in [1.29, 1.82) is 0 Å². The van der Waals surface area contributed by atoms with Gasteiger partial charge < -0.3 is 19.8 Å². The summed E-state index contributed by atoms with van der Waals surface area (Å²) in [6.45, 7) is 4.31. The van der Waals surface area contributed by atoms with E-state index in [1.165, 1.54) is 17.7 Å². The van der Waals surface area contributed by atoms with Crippen LogP contribution in [0.5, 0.6) is 0 Å². The second-order valence-corrected chi connectivity index (χ2v) is 11.9. The quantitative estimate of drug-likeness (QED) is 0.344. The van der Waals surface area contributed by atoms with Gasteiger partial charge in [-0.1, -0.05) is 35.3 Å². The molecule has 0 spiro atoms. The van der Waals surface area contributed by atoms with Crippen LogP contribution in [-0.4, -0.2) is 72.0 Å². The van der Waals surface area contributed by atoms with Gasteiger partial charge in [-0.3, -0.25) is 14.4 Å². The largest absolute Gasteiger partial charge is 0.481 e. The second-order valence-electron chi connectivity index (χ2n) is 11.1. The molecule has 0 atom stereocenters. The molecule has 2 aromatic rings. The van der Waals surface area contributed by atoms with Crippen molar-refractivity contribution in [2.75, 3.05) is 44.2 Å². The predicted octanol–water partition coefficient (Wildman–Crippen LogP) is 5.91. The van der Waals surface area contributed by atoms with Crippen molar-refractivity contribution < 1.29 is 23.9 Å². The van der Waals surface area contributed by atoms with E-state index in [0.29, 0.717) is 54.1 Å². The number of carboxylic acid groups (broad SMARTS) is 1. The maximum Gasteiger partial charge on any atom is 0.303 e. The van der Waals surface area contributed by atoms with E-state index >= 15 is 0 Å². The second kappa shape index (κ2) is 15.0. The van der Waals surface area contributed by atoms with Crippen LogP contribution < -0.4 is 4.90 Å². The molecular weight excluding hydrogens is 568 g/mol. The molecule has 222 valence electrons. The highest BCUT2D eigenvalue weighted by Gasteiger charge is 2.31. The molecule has 2 heterocycles. The average molecular weight is 607 g/mol. The summed E-state index contributed by atoms with van der Waals surface area (Å²) >= 11 is 12.5. The Bertz CT molecular complexity index is 1200. The molecule has 2 aliphatic heterocycles. The van der Waals surface area contributed by atoms with Gasteiger partial charge in [0.1, 0.15) is 5.82 Å². The third-order valence-corrected chi connectivity index (χ3v) is 8.97. The van der Waals surface area contributed by atoms with Gasteiger partial charge in [0.2, 0.25) is 11.8 Å². The molecule has 2 aliphatic rings. The third kappa shape index (κ3) is 9.15. The number of hydrogen-bond donors (Lipinski definition) is 1. The molecule has 1 N–H and O–H groups in total. The number of carbonyl (C=O) groups is 3. The fourth-order valence-corrected chi connectivity index (χ4v) is 6.10. The highest BCUT2D eigenvalue weighted by atomic mass is 35.5. The molecule has 0 aliphatic carbocycles. The molecule has 41 heavy (non-hydrogen) atoms. The average Bonchev–Trinajstić information content (AvgIpc) is 2.97. The number of nitrogens with zero attached hydrogens (tertiary/aromatic N) is 3. The molecule has 2 fully saturated rings. The molecule has 2 amide bonds. The molecular formula is C31H38Cl2FN3O4. The normalized spacial score (nSPS) is 17.0. The Morgan fingerprint density at radius 2 is 1.59 bits per heavy atom. The Balaban J connectivity index is 1.29. The Morgan fingerprint density at radius 3 is 2.22 bits per heavy atom. The van der Waals surface area contributed by atoms with E-state index < -0.39 is 5.97 Å². The molecule has 2 saturated heterocycles. The SMILES string of the molecule is O=C(O)CCC(=O)N1CCC(C(=O)N(CCCN2CCC(Cc3ccc(F)cc3)CC2)c2ccc(Cl)c(Cl)c2)CC1. The summed E-state index contributed by atoms with van der Waals surface area (Å²) in [6, 6.07) is 12.0. The fraction of sp³-hybridized carbons (Fsp3) is 0.516. The predicted molar refractivity (Wildman–Crippen MR) is 159 cm³/mol. The Hall–Kier alpha value is -2.68. The molecule has 7 nitrogen and oxygen atoms in total. The van der Waals surface area contributed by atoms with Crippen LogP contribution in [0.4, 0.5) is 10.1 Å². The summed E-state index contributed by atoms with van der Waals surface area (Å²) in [4.78, 5) is 42.8. The van der Waals surface area contributed by atoms with E-state index in [0.717, 1.165) is 45.3 Å². The number of anilines is 1. The number of carboxylic acids is 1. The lowest BCUT2D eigenvalue weighted by molar-refractivity contribution is -0.141. The highest BCUT2D eigenvalue weighted by molar-refractivity contribution is 6.42. The first-order valence-corrected chi connectivity index (χ1v) is 15.2. The van der Waals surface area contributed by atoms with Gasteiger partial charge in [-0.2, -0.15) is 0 Å². The fourth-order valence-electron chi connectivity index (χ4n) is 5.81. The molecule has 0 saturated carbocycles. The zero-order valence-corrected chi connectivity index (χ0v) is 24.8. The van der Waals surface area contributed by atoms with E-state index in [1.807, 2.05) is 18.2 Å². The maximum absolute atomic E-state index is 13.7.